The molecule has 1 amide bonds. The van der Waals surface area contributed by atoms with E-state index in [1.807, 2.05) is 12.2 Å². The van der Waals surface area contributed by atoms with E-state index in [0.717, 1.165) is 45.2 Å². The Morgan fingerprint density at radius 1 is 1.23 bits per heavy atom. The van der Waals surface area contributed by atoms with Crippen LogP contribution in [0.3, 0.4) is 0 Å². The van der Waals surface area contributed by atoms with E-state index in [0.29, 0.717) is 49.1 Å². The molecule has 1 saturated carbocycles. The maximum Gasteiger partial charge on any atom is 0.246 e. The predicted octanol–water partition coefficient (Wildman–Crippen LogP) is 2.94. The summed E-state index contributed by atoms with van der Waals surface area (Å²) in [7, 11) is -3.58. The molecule has 4 fully saturated rings. The van der Waals surface area contributed by atoms with Crippen molar-refractivity contribution in [2.45, 2.75) is 99.9 Å². The van der Waals surface area contributed by atoms with Crippen LogP contribution in [0.15, 0.2) is 28.8 Å². The summed E-state index contributed by atoms with van der Waals surface area (Å²) in [5.41, 5.74) is -0.245. The van der Waals surface area contributed by atoms with Gasteiger partial charge in [0.25, 0.3) is 0 Å². The molecule has 0 aromatic rings. The number of carbonyl (C=O) groups excluding carboxylic acids is 1. The molecular formula is C26H37N5O3S. The number of nitrogens with zero attached hydrogens (tertiary/aromatic N) is 3. The number of sulfonamides is 1. The largest absolute Gasteiger partial charge is 0.336 e. The summed E-state index contributed by atoms with van der Waals surface area (Å²) in [5.74, 6) is 0.433. The van der Waals surface area contributed by atoms with Gasteiger partial charge < -0.3 is 10.2 Å². The fraction of sp³-hybridized carbons (Fsp3) is 0.731. The Kier molecular flexibility index (Phi) is 7.04. The number of aliphatic imine (C=N–C) groups is 1. The van der Waals surface area contributed by atoms with E-state index in [2.05, 4.69) is 21.0 Å². The highest BCUT2D eigenvalue weighted by Crippen LogP contribution is 2.34. The number of fused-ring (bicyclic) bond motifs is 2. The lowest BCUT2D eigenvalue weighted by Gasteiger charge is -2.46. The fourth-order valence-electron chi connectivity index (χ4n) is 6.58. The number of nitrogens with one attached hydrogen (secondary N) is 2. The number of amides is 1. The van der Waals surface area contributed by atoms with Gasteiger partial charge >= 0.3 is 0 Å². The molecule has 0 aromatic heterocycles. The second kappa shape index (κ2) is 10.1. The quantitative estimate of drug-likeness (QED) is 0.565. The average Bonchev–Trinajstić information content (AvgIpc) is 3.14. The molecule has 9 heteroatoms. The highest BCUT2D eigenvalue weighted by molar-refractivity contribution is 7.91. The first-order valence-electron chi connectivity index (χ1n) is 13.3. The van der Waals surface area contributed by atoms with Crippen LogP contribution < -0.4 is 10.0 Å². The molecule has 5 rings (SSSR count). The zero-order chi connectivity index (χ0) is 24.5. The van der Waals surface area contributed by atoms with Gasteiger partial charge in [0, 0.05) is 18.2 Å². The minimum Gasteiger partial charge on any atom is -0.336 e. The summed E-state index contributed by atoms with van der Waals surface area (Å²) in [4.78, 5) is 20.9. The zero-order valence-corrected chi connectivity index (χ0v) is 21.2. The number of piperidine rings is 2. The first kappa shape index (κ1) is 24.5. The van der Waals surface area contributed by atoms with Gasteiger partial charge in [-0.15, -0.1) is 0 Å². The Morgan fingerprint density at radius 3 is 2.83 bits per heavy atom. The lowest BCUT2D eigenvalue weighted by molar-refractivity contribution is -0.125. The average molecular weight is 500 g/mol. The Balaban J connectivity index is 1.39. The molecular weight excluding hydrogens is 462 g/mol. The molecule has 3 aliphatic heterocycles. The first-order chi connectivity index (χ1) is 16.9. The Bertz CT molecular complexity index is 1070. The SMILES string of the molecule is N#C[C@]1(NC(=O)[C@H](CC2CCCCC2)N=C2NS(=O)(=O)C3C=CCC=C23)CCN2CCCC[C@H]2C1. The number of rotatable bonds is 5. The molecule has 190 valence electrons. The minimum atomic E-state index is -3.58. The van der Waals surface area contributed by atoms with Crippen LogP contribution in [0.4, 0.5) is 0 Å². The third-order valence-electron chi connectivity index (χ3n) is 8.54. The standard InChI is InChI=1S/C26H37N5O3S/c27-18-26(13-15-31-14-7-6-10-20(31)17-26)29-25(32)22(16-19-8-2-1-3-9-19)28-24-21-11-4-5-12-23(21)35(33,34)30-24/h5,11-12,19-20,22-23H,1-4,6-10,13-17H2,(H,28,30)(H,29,32)/t20-,22-,23?,26-/m0/s1. The van der Waals surface area contributed by atoms with Crippen LogP contribution in [-0.4, -0.2) is 61.0 Å². The third-order valence-corrected chi connectivity index (χ3v) is 10.1. The van der Waals surface area contributed by atoms with E-state index < -0.39 is 26.9 Å². The highest BCUT2D eigenvalue weighted by atomic mass is 32.2. The van der Waals surface area contributed by atoms with Crippen molar-refractivity contribution >= 4 is 21.8 Å². The number of hydrogen-bond donors (Lipinski definition) is 2. The normalized spacial score (nSPS) is 34.7. The van der Waals surface area contributed by atoms with Crippen molar-refractivity contribution in [1.82, 2.24) is 14.9 Å². The summed E-state index contributed by atoms with van der Waals surface area (Å²) in [6.07, 6.45) is 17.0. The summed E-state index contributed by atoms with van der Waals surface area (Å²) in [6, 6.07) is 2.08. The predicted molar refractivity (Wildman–Crippen MR) is 135 cm³/mol. The van der Waals surface area contributed by atoms with Crippen LogP contribution in [0.25, 0.3) is 0 Å². The van der Waals surface area contributed by atoms with Crippen LogP contribution in [0.1, 0.15) is 77.0 Å². The van der Waals surface area contributed by atoms with E-state index >= 15 is 0 Å². The molecule has 0 spiro atoms. The second-order valence-electron chi connectivity index (χ2n) is 10.9. The maximum atomic E-state index is 13.7. The van der Waals surface area contributed by atoms with Crippen LogP contribution in [0.5, 0.6) is 0 Å². The highest BCUT2D eigenvalue weighted by Gasteiger charge is 2.44. The van der Waals surface area contributed by atoms with Gasteiger partial charge in [-0.25, -0.2) is 8.42 Å². The molecule has 4 atom stereocenters. The molecule has 2 N–H and O–H groups in total. The van der Waals surface area contributed by atoms with Gasteiger partial charge in [-0.3, -0.25) is 14.5 Å². The van der Waals surface area contributed by atoms with Crippen molar-refractivity contribution in [3.8, 4) is 6.07 Å². The summed E-state index contributed by atoms with van der Waals surface area (Å²) in [5, 5.41) is 12.5. The van der Waals surface area contributed by atoms with Crippen LogP contribution in [0.2, 0.25) is 0 Å². The molecule has 0 bridgehead atoms. The fourth-order valence-corrected chi connectivity index (χ4v) is 8.00. The Hall–Kier alpha value is -2.18. The molecule has 3 saturated heterocycles. The van der Waals surface area contributed by atoms with Crippen LogP contribution in [0, 0.1) is 17.2 Å². The van der Waals surface area contributed by atoms with Gasteiger partial charge in [0.2, 0.25) is 15.9 Å². The Labute approximate surface area is 209 Å². The lowest BCUT2D eigenvalue weighted by atomic mass is 9.80. The Morgan fingerprint density at radius 2 is 2.03 bits per heavy atom. The van der Waals surface area contributed by atoms with Crippen molar-refractivity contribution in [3.63, 3.8) is 0 Å². The molecule has 3 heterocycles. The number of hydrogen-bond acceptors (Lipinski definition) is 6. The third kappa shape index (κ3) is 5.19. The number of allylic oxidation sites excluding steroid dienone is 2. The summed E-state index contributed by atoms with van der Waals surface area (Å²) >= 11 is 0. The monoisotopic (exact) mass is 499 g/mol. The lowest BCUT2D eigenvalue weighted by Crippen LogP contribution is -2.60. The van der Waals surface area contributed by atoms with Crippen molar-refractivity contribution in [3.05, 3.63) is 23.8 Å². The van der Waals surface area contributed by atoms with E-state index in [9.17, 15) is 18.5 Å². The topological polar surface area (TPSA) is 115 Å². The van der Waals surface area contributed by atoms with E-state index in [1.54, 1.807) is 6.08 Å². The zero-order valence-electron chi connectivity index (χ0n) is 20.4. The van der Waals surface area contributed by atoms with Gasteiger partial charge in [-0.2, -0.15) is 5.26 Å². The van der Waals surface area contributed by atoms with E-state index in [1.165, 1.54) is 19.3 Å². The van der Waals surface area contributed by atoms with Crippen molar-refractivity contribution < 1.29 is 13.2 Å². The molecule has 8 nitrogen and oxygen atoms in total. The second-order valence-corrected chi connectivity index (χ2v) is 12.7. The van der Waals surface area contributed by atoms with Crippen LogP contribution in [-0.2, 0) is 14.8 Å². The number of amidine groups is 1. The van der Waals surface area contributed by atoms with Crippen LogP contribution >= 0.6 is 0 Å². The van der Waals surface area contributed by atoms with Crippen molar-refractivity contribution in [2.75, 3.05) is 13.1 Å². The van der Waals surface area contributed by atoms with Crippen molar-refractivity contribution in [1.29, 1.82) is 5.26 Å². The van der Waals surface area contributed by atoms with Gasteiger partial charge in [0.1, 0.15) is 22.7 Å². The molecule has 5 aliphatic rings. The summed E-state index contributed by atoms with van der Waals surface area (Å²) in [6.45, 7) is 1.89. The number of nitriles is 1. The molecule has 0 radical (unpaired) electrons. The molecule has 35 heavy (non-hydrogen) atoms. The molecule has 1 unspecified atom stereocenters. The molecule has 0 aromatic carbocycles. The van der Waals surface area contributed by atoms with Gasteiger partial charge in [0.15, 0.2) is 0 Å². The van der Waals surface area contributed by atoms with Gasteiger partial charge in [-0.05, 0) is 51.0 Å². The van der Waals surface area contributed by atoms with E-state index in [-0.39, 0.29) is 5.91 Å². The minimum absolute atomic E-state index is 0.247. The molecule has 2 aliphatic carbocycles. The van der Waals surface area contributed by atoms with Gasteiger partial charge in [0.05, 0.1) is 6.07 Å². The van der Waals surface area contributed by atoms with Gasteiger partial charge in [-0.1, -0.05) is 56.8 Å². The van der Waals surface area contributed by atoms with E-state index in [4.69, 9.17) is 4.99 Å². The summed E-state index contributed by atoms with van der Waals surface area (Å²) < 4.78 is 27.9. The number of carbonyl (C=O) groups is 1. The first-order valence-corrected chi connectivity index (χ1v) is 14.9. The smallest absolute Gasteiger partial charge is 0.246 e. The van der Waals surface area contributed by atoms with Crippen molar-refractivity contribution in [2.24, 2.45) is 10.9 Å². The maximum absolute atomic E-state index is 13.7.